The quantitative estimate of drug-likeness (QED) is 0.662. The zero-order valence-electron chi connectivity index (χ0n) is 11.3. The standard InChI is InChI=1S/C13H14F3NO4/c1-7(2)5-10(12(18)19)9-4-3-8(17(20)21)6-11(9)13(14,15)16/h3-4,6-7,10H,5H2,1-2H3,(H,18,19). The number of hydrogen-bond acceptors (Lipinski definition) is 3. The second-order valence-corrected chi connectivity index (χ2v) is 5.05. The molecular formula is C13H14F3NO4. The molecule has 21 heavy (non-hydrogen) atoms. The van der Waals surface area contributed by atoms with Crippen LogP contribution < -0.4 is 0 Å². The number of carboxylic acids is 1. The van der Waals surface area contributed by atoms with Crippen molar-refractivity contribution in [2.45, 2.75) is 32.4 Å². The summed E-state index contributed by atoms with van der Waals surface area (Å²) in [6.07, 6.45) is -4.84. The van der Waals surface area contributed by atoms with E-state index in [4.69, 9.17) is 5.11 Å². The van der Waals surface area contributed by atoms with Gasteiger partial charge in [0, 0.05) is 12.1 Å². The largest absolute Gasteiger partial charge is 0.481 e. The van der Waals surface area contributed by atoms with Gasteiger partial charge >= 0.3 is 12.1 Å². The van der Waals surface area contributed by atoms with Crippen LogP contribution in [-0.4, -0.2) is 16.0 Å². The summed E-state index contributed by atoms with van der Waals surface area (Å²) in [6.45, 7) is 3.38. The van der Waals surface area contributed by atoms with E-state index in [0.29, 0.717) is 6.07 Å². The zero-order valence-corrected chi connectivity index (χ0v) is 11.3. The van der Waals surface area contributed by atoms with E-state index in [1.165, 1.54) is 0 Å². The average molecular weight is 305 g/mol. The second kappa shape index (κ2) is 6.11. The van der Waals surface area contributed by atoms with Crippen LogP contribution in [0.2, 0.25) is 0 Å². The molecule has 0 bridgehead atoms. The van der Waals surface area contributed by atoms with Crippen LogP contribution in [0, 0.1) is 16.0 Å². The molecule has 1 aromatic carbocycles. The van der Waals surface area contributed by atoms with E-state index < -0.39 is 39.8 Å². The summed E-state index contributed by atoms with van der Waals surface area (Å²) in [4.78, 5) is 20.9. The van der Waals surface area contributed by atoms with Gasteiger partial charge in [-0.15, -0.1) is 0 Å². The number of nitrogens with zero attached hydrogens (tertiary/aromatic N) is 1. The van der Waals surface area contributed by atoms with Crippen molar-refractivity contribution in [3.63, 3.8) is 0 Å². The number of carboxylic acid groups (broad SMARTS) is 1. The van der Waals surface area contributed by atoms with Gasteiger partial charge in [0.25, 0.3) is 5.69 Å². The molecular weight excluding hydrogens is 291 g/mol. The summed E-state index contributed by atoms with van der Waals surface area (Å²) in [5, 5.41) is 19.7. The van der Waals surface area contributed by atoms with E-state index in [-0.39, 0.29) is 12.3 Å². The number of alkyl halides is 3. The molecule has 8 heteroatoms. The molecule has 0 heterocycles. The zero-order chi connectivity index (χ0) is 16.4. The number of nitro groups is 1. The lowest BCUT2D eigenvalue weighted by Gasteiger charge is -2.19. The lowest BCUT2D eigenvalue weighted by molar-refractivity contribution is -0.385. The summed E-state index contributed by atoms with van der Waals surface area (Å²) in [5.74, 6) is -2.88. The van der Waals surface area contributed by atoms with Gasteiger partial charge in [-0.25, -0.2) is 0 Å². The molecule has 0 aliphatic carbocycles. The first-order valence-corrected chi connectivity index (χ1v) is 6.12. The number of halogens is 3. The van der Waals surface area contributed by atoms with Gasteiger partial charge in [0.05, 0.1) is 16.4 Å². The van der Waals surface area contributed by atoms with Crippen LogP contribution in [0.5, 0.6) is 0 Å². The summed E-state index contributed by atoms with van der Waals surface area (Å²) in [6, 6.07) is 2.15. The molecule has 5 nitrogen and oxygen atoms in total. The van der Waals surface area contributed by atoms with Crippen molar-refractivity contribution < 1.29 is 28.0 Å². The van der Waals surface area contributed by atoms with E-state index in [1.54, 1.807) is 13.8 Å². The Labute approximate surface area is 118 Å². The summed E-state index contributed by atoms with van der Waals surface area (Å²) < 4.78 is 39.1. The topological polar surface area (TPSA) is 80.4 Å². The minimum Gasteiger partial charge on any atom is -0.481 e. The lowest BCUT2D eigenvalue weighted by Crippen LogP contribution is -2.19. The maximum Gasteiger partial charge on any atom is 0.416 e. The second-order valence-electron chi connectivity index (χ2n) is 5.05. The first-order valence-electron chi connectivity index (χ1n) is 6.12. The summed E-state index contributed by atoms with van der Waals surface area (Å²) >= 11 is 0. The van der Waals surface area contributed by atoms with Crippen molar-refractivity contribution in [3.8, 4) is 0 Å². The third kappa shape index (κ3) is 4.17. The Hall–Kier alpha value is -2.12. The van der Waals surface area contributed by atoms with Gasteiger partial charge in [-0.3, -0.25) is 14.9 Å². The lowest BCUT2D eigenvalue weighted by atomic mass is 9.87. The molecule has 0 radical (unpaired) electrons. The van der Waals surface area contributed by atoms with Crippen molar-refractivity contribution >= 4 is 11.7 Å². The molecule has 0 saturated heterocycles. The molecule has 1 atom stereocenters. The minimum atomic E-state index is -4.86. The number of carbonyl (C=O) groups is 1. The molecule has 0 saturated carbocycles. The van der Waals surface area contributed by atoms with Crippen molar-refractivity contribution in [1.82, 2.24) is 0 Å². The van der Waals surface area contributed by atoms with Crippen molar-refractivity contribution in [1.29, 1.82) is 0 Å². The van der Waals surface area contributed by atoms with E-state index >= 15 is 0 Å². The summed E-state index contributed by atoms with van der Waals surface area (Å²) in [5.41, 5.74) is -2.45. The van der Waals surface area contributed by atoms with Gasteiger partial charge < -0.3 is 5.11 Å². The van der Waals surface area contributed by atoms with Crippen LogP contribution in [0.4, 0.5) is 18.9 Å². The monoisotopic (exact) mass is 305 g/mol. The van der Waals surface area contributed by atoms with Crippen LogP contribution in [0.15, 0.2) is 18.2 Å². The van der Waals surface area contributed by atoms with Crippen molar-refractivity contribution in [3.05, 3.63) is 39.4 Å². The smallest absolute Gasteiger partial charge is 0.416 e. The molecule has 116 valence electrons. The normalized spacial score (nSPS) is 13.2. The SMILES string of the molecule is CC(C)CC(C(=O)O)c1ccc([N+](=O)[O-])cc1C(F)(F)F. The highest BCUT2D eigenvalue weighted by Gasteiger charge is 2.38. The number of non-ortho nitro benzene ring substituents is 1. The Balaban J connectivity index is 3.45. The molecule has 1 aromatic rings. The van der Waals surface area contributed by atoms with Gasteiger partial charge in [-0.2, -0.15) is 13.2 Å². The molecule has 1 rings (SSSR count). The Morgan fingerprint density at radius 1 is 1.38 bits per heavy atom. The number of nitro benzene ring substituents is 1. The Kier molecular flexibility index (Phi) is 4.93. The fourth-order valence-corrected chi connectivity index (χ4v) is 2.04. The minimum absolute atomic E-state index is 0.0101. The Morgan fingerprint density at radius 3 is 2.33 bits per heavy atom. The average Bonchev–Trinajstić information content (AvgIpc) is 2.33. The Morgan fingerprint density at radius 2 is 1.95 bits per heavy atom. The van der Waals surface area contributed by atoms with Crippen LogP contribution in [0.25, 0.3) is 0 Å². The van der Waals surface area contributed by atoms with Crippen LogP contribution in [-0.2, 0) is 11.0 Å². The van der Waals surface area contributed by atoms with Gasteiger partial charge in [-0.05, 0) is 17.9 Å². The fraction of sp³-hybridized carbons (Fsp3) is 0.462. The molecule has 0 aliphatic rings. The van der Waals surface area contributed by atoms with Crippen molar-refractivity contribution in [2.24, 2.45) is 5.92 Å². The Bertz CT molecular complexity index is 555. The van der Waals surface area contributed by atoms with E-state index in [2.05, 4.69) is 0 Å². The maximum absolute atomic E-state index is 13.0. The summed E-state index contributed by atoms with van der Waals surface area (Å²) in [7, 11) is 0. The number of aliphatic carboxylic acids is 1. The van der Waals surface area contributed by atoms with E-state index in [9.17, 15) is 28.1 Å². The van der Waals surface area contributed by atoms with Crippen LogP contribution in [0.3, 0.4) is 0 Å². The molecule has 0 amide bonds. The predicted octanol–water partition coefficient (Wildman–Crippen LogP) is 3.83. The first-order chi connectivity index (χ1) is 9.54. The van der Waals surface area contributed by atoms with Gasteiger partial charge in [0.1, 0.15) is 0 Å². The van der Waals surface area contributed by atoms with Crippen LogP contribution in [0.1, 0.15) is 37.3 Å². The molecule has 1 N–H and O–H groups in total. The van der Waals surface area contributed by atoms with Gasteiger partial charge in [-0.1, -0.05) is 19.9 Å². The maximum atomic E-state index is 13.0. The number of hydrogen-bond donors (Lipinski definition) is 1. The molecule has 0 aliphatic heterocycles. The van der Waals surface area contributed by atoms with Crippen LogP contribution >= 0.6 is 0 Å². The molecule has 0 fully saturated rings. The van der Waals surface area contributed by atoms with E-state index in [0.717, 1.165) is 12.1 Å². The molecule has 0 spiro atoms. The predicted molar refractivity (Wildman–Crippen MR) is 67.9 cm³/mol. The number of rotatable bonds is 5. The number of benzene rings is 1. The first kappa shape index (κ1) is 16.9. The third-order valence-corrected chi connectivity index (χ3v) is 2.93. The fourth-order valence-electron chi connectivity index (χ4n) is 2.04. The van der Waals surface area contributed by atoms with Gasteiger partial charge in [0.15, 0.2) is 0 Å². The highest BCUT2D eigenvalue weighted by molar-refractivity contribution is 5.77. The highest BCUT2D eigenvalue weighted by atomic mass is 19.4. The molecule has 0 aromatic heterocycles. The third-order valence-electron chi connectivity index (χ3n) is 2.93. The molecule has 1 unspecified atom stereocenters. The van der Waals surface area contributed by atoms with Crippen molar-refractivity contribution in [2.75, 3.05) is 0 Å². The van der Waals surface area contributed by atoms with Gasteiger partial charge in [0.2, 0.25) is 0 Å². The van der Waals surface area contributed by atoms with E-state index in [1.807, 2.05) is 0 Å². The highest BCUT2D eigenvalue weighted by Crippen LogP contribution is 2.39.